The molecule has 106 valence electrons. The number of primary sulfonamides is 1. The second-order valence-electron chi connectivity index (χ2n) is 5.49. The molecule has 1 fully saturated rings. The molecule has 0 amide bonds. The first kappa shape index (κ1) is 14.3. The van der Waals surface area contributed by atoms with Crippen molar-refractivity contribution in [2.45, 2.75) is 50.5 Å². The third-order valence-corrected chi connectivity index (χ3v) is 4.59. The third-order valence-electron chi connectivity index (χ3n) is 3.66. The monoisotopic (exact) mass is 283 g/mol. The molecular weight excluding hydrogens is 262 g/mol. The van der Waals surface area contributed by atoms with Crippen molar-refractivity contribution in [1.29, 1.82) is 0 Å². The molecule has 2 N–H and O–H groups in total. The third kappa shape index (κ3) is 3.70. The van der Waals surface area contributed by atoms with Gasteiger partial charge in [-0.25, -0.2) is 13.6 Å². The summed E-state index contributed by atoms with van der Waals surface area (Å²) in [6, 6.07) is 5.11. The Kier molecular flexibility index (Phi) is 4.16. The van der Waals surface area contributed by atoms with E-state index in [1.807, 2.05) is 13.0 Å². The average molecular weight is 283 g/mol. The Balaban J connectivity index is 2.21. The van der Waals surface area contributed by atoms with Gasteiger partial charge in [-0.05, 0) is 56.2 Å². The molecule has 1 aromatic carbocycles. The number of sulfonamides is 1. The van der Waals surface area contributed by atoms with E-state index in [0.717, 1.165) is 37.2 Å². The summed E-state index contributed by atoms with van der Waals surface area (Å²) in [7, 11) is -3.74. The molecule has 1 aliphatic carbocycles. The predicted molar refractivity (Wildman–Crippen MR) is 74.6 cm³/mol. The molecule has 5 heteroatoms. The van der Waals surface area contributed by atoms with Crippen LogP contribution < -0.4 is 9.88 Å². The van der Waals surface area contributed by atoms with Crippen molar-refractivity contribution in [3.05, 3.63) is 23.8 Å². The Labute approximate surface area is 115 Å². The topological polar surface area (TPSA) is 69.4 Å². The Hall–Kier alpha value is -1.07. The van der Waals surface area contributed by atoms with Crippen LogP contribution in [0.3, 0.4) is 0 Å². The summed E-state index contributed by atoms with van der Waals surface area (Å²) in [5.41, 5.74) is 0.855. The molecule has 0 bridgehead atoms. The molecule has 0 radical (unpaired) electrons. The first-order chi connectivity index (χ1) is 8.86. The maximum atomic E-state index is 11.6. The lowest BCUT2D eigenvalue weighted by molar-refractivity contribution is 0.132. The Morgan fingerprint density at radius 3 is 2.42 bits per heavy atom. The SMILES string of the molecule is Cc1ccc(OC2CCC(C)CC2)c(S(N)(=O)=O)c1. The standard InChI is InChI=1S/C14H21NO3S/c1-10-3-6-12(7-4-10)18-13-8-5-11(2)9-14(13)19(15,16)17/h5,8-10,12H,3-4,6-7H2,1-2H3,(H2,15,16,17). The second kappa shape index (κ2) is 5.51. The highest BCUT2D eigenvalue weighted by atomic mass is 32.2. The van der Waals surface area contributed by atoms with E-state index >= 15 is 0 Å². The largest absolute Gasteiger partial charge is 0.489 e. The minimum absolute atomic E-state index is 0.0890. The molecule has 1 saturated carbocycles. The number of benzene rings is 1. The zero-order valence-electron chi connectivity index (χ0n) is 11.4. The fraction of sp³-hybridized carbons (Fsp3) is 0.571. The van der Waals surface area contributed by atoms with Gasteiger partial charge in [0.15, 0.2) is 0 Å². The van der Waals surface area contributed by atoms with Crippen LogP contribution in [0.2, 0.25) is 0 Å². The van der Waals surface area contributed by atoms with Gasteiger partial charge < -0.3 is 4.74 Å². The highest BCUT2D eigenvalue weighted by Gasteiger charge is 2.22. The fourth-order valence-corrected chi connectivity index (χ4v) is 3.21. The van der Waals surface area contributed by atoms with Crippen LogP contribution in [0.15, 0.2) is 23.1 Å². The zero-order chi connectivity index (χ0) is 14.0. The van der Waals surface area contributed by atoms with Crippen LogP contribution in [-0.2, 0) is 10.0 Å². The fourth-order valence-electron chi connectivity index (χ4n) is 2.46. The zero-order valence-corrected chi connectivity index (χ0v) is 12.2. The predicted octanol–water partition coefficient (Wildman–Crippen LogP) is 2.60. The normalized spacial score (nSPS) is 24.2. The molecule has 1 aromatic rings. The van der Waals surface area contributed by atoms with Crippen LogP contribution in [-0.4, -0.2) is 14.5 Å². The lowest BCUT2D eigenvalue weighted by atomic mass is 9.89. The smallest absolute Gasteiger partial charge is 0.241 e. The van der Waals surface area contributed by atoms with Crippen LogP contribution >= 0.6 is 0 Å². The van der Waals surface area contributed by atoms with Crippen molar-refractivity contribution in [3.8, 4) is 5.75 Å². The molecule has 1 aliphatic rings. The molecule has 19 heavy (non-hydrogen) atoms. The van der Waals surface area contributed by atoms with E-state index in [9.17, 15) is 8.42 Å². The maximum absolute atomic E-state index is 11.6. The van der Waals surface area contributed by atoms with Crippen LogP contribution in [0.1, 0.15) is 38.2 Å². The van der Waals surface area contributed by atoms with Crippen LogP contribution in [0.25, 0.3) is 0 Å². The number of nitrogens with two attached hydrogens (primary N) is 1. The molecule has 0 spiro atoms. The molecule has 0 aromatic heterocycles. The Morgan fingerprint density at radius 1 is 1.21 bits per heavy atom. The molecule has 0 unspecified atom stereocenters. The van der Waals surface area contributed by atoms with Gasteiger partial charge in [0, 0.05) is 0 Å². The summed E-state index contributed by atoms with van der Waals surface area (Å²) in [6.45, 7) is 4.07. The van der Waals surface area contributed by atoms with E-state index < -0.39 is 10.0 Å². The summed E-state index contributed by atoms with van der Waals surface area (Å²) in [4.78, 5) is 0.0890. The number of aryl methyl sites for hydroxylation is 1. The van der Waals surface area contributed by atoms with Crippen LogP contribution in [0.5, 0.6) is 5.75 Å². The van der Waals surface area contributed by atoms with E-state index in [0.29, 0.717) is 5.75 Å². The molecule has 2 rings (SSSR count). The Morgan fingerprint density at radius 2 is 1.84 bits per heavy atom. The minimum Gasteiger partial charge on any atom is -0.489 e. The van der Waals surface area contributed by atoms with Crippen molar-refractivity contribution < 1.29 is 13.2 Å². The molecule has 0 aliphatic heterocycles. The maximum Gasteiger partial charge on any atom is 0.241 e. The summed E-state index contributed by atoms with van der Waals surface area (Å²) in [5, 5.41) is 5.25. The number of hydrogen-bond donors (Lipinski definition) is 1. The van der Waals surface area contributed by atoms with Gasteiger partial charge in [0.05, 0.1) is 6.10 Å². The van der Waals surface area contributed by atoms with Crippen molar-refractivity contribution in [1.82, 2.24) is 0 Å². The van der Waals surface area contributed by atoms with Gasteiger partial charge in [0.25, 0.3) is 0 Å². The highest BCUT2D eigenvalue weighted by molar-refractivity contribution is 7.89. The van der Waals surface area contributed by atoms with Crippen LogP contribution in [0.4, 0.5) is 0 Å². The lowest BCUT2D eigenvalue weighted by Crippen LogP contribution is -2.24. The molecular formula is C14H21NO3S. The highest BCUT2D eigenvalue weighted by Crippen LogP contribution is 2.30. The average Bonchev–Trinajstić information content (AvgIpc) is 2.33. The van der Waals surface area contributed by atoms with E-state index in [1.54, 1.807) is 12.1 Å². The van der Waals surface area contributed by atoms with Gasteiger partial charge in [-0.15, -0.1) is 0 Å². The molecule has 0 heterocycles. The lowest BCUT2D eigenvalue weighted by Gasteiger charge is -2.27. The van der Waals surface area contributed by atoms with E-state index in [1.165, 1.54) is 0 Å². The minimum atomic E-state index is -3.74. The molecule has 4 nitrogen and oxygen atoms in total. The van der Waals surface area contributed by atoms with E-state index in [4.69, 9.17) is 9.88 Å². The van der Waals surface area contributed by atoms with Gasteiger partial charge in [0.2, 0.25) is 10.0 Å². The summed E-state index contributed by atoms with van der Waals surface area (Å²) < 4.78 is 29.1. The van der Waals surface area contributed by atoms with E-state index in [-0.39, 0.29) is 11.0 Å². The quantitative estimate of drug-likeness (QED) is 0.927. The number of rotatable bonds is 3. The number of ether oxygens (including phenoxy) is 1. The molecule has 0 saturated heterocycles. The van der Waals surface area contributed by atoms with Crippen molar-refractivity contribution in [3.63, 3.8) is 0 Å². The van der Waals surface area contributed by atoms with E-state index in [2.05, 4.69) is 6.92 Å². The summed E-state index contributed by atoms with van der Waals surface area (Å²) >= 11 is 0. The van der Waals surface area contributed by atoms with Gasteiger partial charge in [-0.3, -0.25) is 0 Å². The van der Waals surface area contributed by atoms with Crippen LogP contribution in [0, 0.1) is 12.8 Å². The van der Waals surface area contributed by atoms with Gasteiger partial charge in [0.1, 0.15) is 10.6 Å². The number of hydrogen-bond acceptors (Lipinski definition) is 3. The van der Waals surface area contributed by atoms with Gasteiger partial charge in [-0.1, -0.05) is 13.0 Å². The van der Waals surface area contributed by atoms with Crippen molar-refractivity contribution >= 4 is 10.0 Å². The Bertz CT molecular complexity index is 546. The molecule has 0 atom stereocenters. The van der Waals surface area contributed by atoms with Crippen molar-refractivity contribution in [2.75, 3.05) is 0 Å². The summed E-state index contributed by atoms with van der Waals surface area (Å²) in [5.74, 6) is 1.11. The first-order valence-electron chi connectivity index (χ1n) is 6.66. The summed E-state index contributed by atoms with van der Waals surface area (Å²) in [6.07, 6.45) is 4.29. The van der Waals surface area contributed by atoms with Gasteiger partial charge in [-0.2, -0.15) is 0 Å². The second-order valence-corrected chi connectivity index (χ2v) is 7.02. The van der Waals surface area contributed by atoms with Crippen molar-refractivity contribution in [2.24, 2.45) is 11.1 Å². The van der Waals surface area contributed by atoms with Gasteiger partial charge >= 0.3 is 0 Å². The first-order valence-corrected chi connectivity index (χ1v) is 8.21.